The third-order valence-electron chi connectivity index (χ3n) is 5.62. The number of urea groups is 1. The zero-order chi connectivity index (χ0) is 23.5. The quantitative estimate of drug-likeness (QED) is 0.528. The zero-order valence-electron chi connectivity index (χ0n) is 18.4. The highest BCUT2D eigenvalue weighted by atomic mass is 35.5. The second-order valence-electron chi connectivity index (χ2n) is 7.88. The highest BCUT2D eigenvalue weighted by Crippen LogP contribution is 2.41. The Labute approximate surface area is 198 Å². The van der Waals surface area contributed by atoms with E-state index < -0.39 is 17.7 Å². The van der Waals surface area contributed by atoms with Crippen molar-refractivity contribution in [3.05, 3.63) is 58.1 Å². The molecule has 0 aromatic heterocycles. The van der Waals surface area contributed by atoms with Gasteiger partial charge in [-0.3, -0.25) is 9.69 Å². The summed E-state index contributed by atoms with van der Waals surface area (Å²) in [5, 5.41) is 17.8. The van der Waals surface area contributed by atoms with Gasteiger partial charge < -0.3 is 20.6 Å². The minimum absolute atomic E-state index is 0.147. The van der Waals surface area contributed by atoms with Crippen molar-refractivity contribution in [1.29, 1.82) is 0 Å². The van der Waals surface area contributed by atoms with Crippen LogP contribution in [-0.4, -0.2) is 48.1 Å². The Morgan fingerprint density at radius 1 is 1.19 bits per heavy atom. The number of nitrogens with zero attached hydrogens (tertiary/aromatic N) is 2. The number of carbonyl (C=O) groups excluding carboxylic acids is 2. The average Bonchev–Trinajstić information content (AvgIpc) is 2.78. The van der Waals surface area contributed by atoms with Crippen LogP contribution in [-0.2, 0) is 10.5 Å². The van der Waals surface area contributed by atoms with Gasteiger partial charge in [-0.05, 0) is 43.3 Å². The molecular formula is C23H28Cl2N4O3. The number of nitrogens with one attached hydrogen (secondary N) is 2. The third kappa shape index (κ3) is 4.71. The molecule has 3 N–H and O–H groups in total. The molecule has 32 heavy (non-hydrogen) atoms. The van der Waals surface area contributed by atoms with Gasteiger partial charge >= 0.3 is 6.03 Å². The van der Waals surface area contributed by atoms with Crippen molar-refractivity contribution >= 4 is 46.5 Å². The Bertz CT molecular complexity index is 999. The monoisotopic (exact) mass is 478 g/mol. The lowest BCUT2D eigenvalue weighted by molar-refractivity contribution is -0.140. The molecule has 7 nitrogen and oxygen atoms in total. The Kier molecular flexibility index (Phi) is 7.67. The highest BCUT2D eigenvalue weighted by Gasteiger charge is 2.52. The fraction of sp³-hybridized carbons (Fsp3) is 0.391. The Balaban J connectivity index is 1.96. The summed E-state index contributed by atoms with van der Waals surface area (Å²) in [7, 11) is 0. The minimum Gasteiger partial charge on any atom is -0.359 e. The van der Waals surface area contributed by atoms with Crippen LogP contribution in [0.2, 0.25) is 10.0 Å². The van der Waals surface area contributed by atoms with Gasteiger partial charge in [0.2, 0.25) is 0 Å². The van der Waals surface area contributed by atoms with E-state index in [0.717, 1.165) is 24.5 Å². The van der Waals surface area contributed by atoms with E-state index in [1.165, 1.54) is 18.2 Å². The second-order valence-corrected chi connectivity index (χ2v) is 8.70. The Morgan fingerprint density at radius 3 is 2.53 bits per heavy atom. The van der Waals surface area contributed by atoms with E-state index >= 15 is 0 Å². The van der Waals surface area contributed by atoms with E-state index in [9.17, 15) is 14.7 Å². The average molecular weight is 479 g/mol. The van der Waals surface area contributed by atoms with Gasteiger partial charge in [-0.15, -0.1) is 0 Å². The summed E-state index contributed by atoms with van der Waals surface area (Å²) in [5.41, 5.74) is -1.41. The van der Waals surface area contributed by atoms with Gasteiger partial charge in [-0.25, -0.2) is 4.79 Å². The standard InChI is InChI=1S/C23H28Cl2N4O3/c1-4-28(5-2)14-15(3)13-26-21(30)23(32)17-8-6-7-9-20(17)27-22(31)29(23)16-10-11-18(24)19(25)12-16/h6-12,15,32H,4-5,13-14H2,1-3H3,(H,26,30)(H,27,31)/t15-,23-/m1/s1. The topological polar surface area (TPSA) is 84.9 Å². The van der Waals surface area contributed by atoms with Crippen LogP contribution in [0.25, 0.3) is 0 Å². The number of rotatable bonds is 8. The van der Waals surface area contributed by atoms with E-state index in [1.54, 1.807) is 24.3 Å². The molecule has 3 amide bonds. The summed E-state index contributed by atoms with van der Waals surface area (Å²) in [4.78, 5) is 29.7. The molecule has 0 unspecified atom stereocenters. The van der Waals surface area contributed by atoms with Gasteiger partial charge in [0.1, 0.15) is 0 Å². The molecule has 1 aliphatic heterocycles. The normalized spacial score (nSPS) is 18.8. The van der Waals surface area contributed by atoms with Crippen LogP contribution >= 0.6 is 23.2 Å². The molecule has 172 valence electrons. The first-order valence-corrected chi connectivity index (χ1v) is 11.4. The molecule has 0 saturated heterocycles. The number of aliphatic hydroxyl groups is 1. The fourth-order valence-electron chi connectivity index (χ4n) is 3.86. The predicted molar refractivity (Wildman–Crippen MR) is 128 cm³/mol. The summed E-state index contributed by atoms with van der Waals surface area (Å²) in [6.45, 7) is 9.18. The van der Waals surface area contributed by atoms with Gasteiger partial charge in [0.05, 0.1) is 21.4 Å². The van der Waals surface area contributed by atoms with Gasteiger partial charge in [0.25, 0.3) is 11.6 Å². The molecule has 2 atom stereocenters. The molecule has 1 heterocycles. The summed E-state index contributed by atoms with van der Waals surface area (Å²) < 4.78 is 0. The number of halogens is 2. The van der Waals surface area contributed by atoms with Crippen molar-refractivity contribution in [2.24, 2.45) is 5.92 Å². The van der Waals surface area contributed by atoms with Crippen LogP contribution in [0.15, 0.2) is 42.5 Å². The maximum Gasteiger partial charge on any atom is 0.329 e. The van der Waals surface area contributed by atoms with Crippen LogP contribution in [0.3, 0.4) is 0 Å². The third-order valence-corrected chi connectivity index (χ3v) is 6.36. The molecule has 0 aliphatic carbocycles. The molecule has 9 heteroatoms. The summed E-state index contributed by atoms with van der Waals surface area (Å²) in [5.74, 6) is -0.550. The van der Waals surface area contributed by atoms with Crippen LogP contribution in [0.1, 0.15) is 26.3 Å². The summed E-state index contributed by atoms with van der Waals surface area (Å²) >= 11 is 12.2. The first kappa shape index (κ1) is 24.3. The number of hydrogen-bond acceptors (Lipinski definition) is 4. The van der Waals surface area contributed by atoms with Gasteiger partial charge in [-0.1, -0.05) is 62.2 Å². The van der Waals surface area contributed by atoms with Gasteiger partial charge in [0, 0.05) is 18.7 Å². The zero-order valence-corrected chi connectivity index (χ0v) is 19.9. The SMILES string of the molecule is CCN(CC)C[C@H](C)CNC(=O)[C@]1(O)c2ccccc2NC(=O)N1c1ccc(Cl)c(Cl)c1. The largest absolute Gasteiger partial charge is 0.359 e. The molecule has 0 fully saturated rings. The number of hydrogen-bond donors (Lipinski definition) is 3. The maximum atomic E-state index is 13.4. The lowest BCUT2D eigenvalue weighted by atomic mass is 9.94. The van der Waals surface area contributed by atoms with Crippen LogP contribution in [0.5, 0.6) is 0 Å². The fourth-order valence-corrected chi connectivity index (χ4v) is 4.16. The number of carbonyl (C=O) groups is 2. The smallest absolute Gasteiger partial charge is 0.329 e. The second kappa shape index (κ2) is 10.1. The van der Waals surface area contributed by atoms with Gasteiger partial charge in [0.15, 0.2) is 0 Å². The van der Waals surface area contributed by atoms with Crippen molar-refractivity contribution in [2.45, 2.75) is 26.5 Å². The number of amides is 3. The lowest BCUT2D eigenvalue weighted by Crippen LogP contribution is -2.63. The minimum atomic E-state index is -2.27. The van der Waals surface area contributed by atoms with Crippen molar-refractivity contribution in [3.63, 3.8) is 0 Å². The predicted octanol–water partition coefficient (Wildman–Crippen LogP) is 4.28. The molecule has 0 radical (unpaired) electrons. The molecule has 1 aliphatic rings. The van der Waals surface area contributed by atoms with Crippen LogP contribution in [0.4, 0.5) is 16.2 Å². The first-order valence-electron chi connectivity index (χ1n) is 10.6. The Hall–Kier alpha value is -2.32. The molecule has 0 spiro atoms. The number of benzene rings is 2. The van der Waals surface area contributed by atoms with Crippen molar-refractivity contribution in [2.75, 3.05) is 36.4 Å². The summed E-state index contributed by atoms with van der Waals surface area (Å²) in [6, 6.07) is 10.5. The molecule has 2 aromatic rings. The number of fused-ring (bicyclic) bond motifs is 1. The van der Waals surface area contributed by atoms with E-state index in [2.05, 4.69) is 29.4 Å². The van der Waals surface area contributed by atoms with Gasteiger partial charge in [-0.2, -0.15) is 0 Å². The van der Waals surface area contributed by atoms with Crippen molar-refractivity contribution in [1.82, 2.24) is 10.2 Å². The van der Waals surface area contributed by atoms with E-state index in [4.69, 9.17) is 23.2 Å². The summed E-state index contributed by atoms with van der Waals surface area (Å²) in [6.07, 6.45) is 0. The lowest BCUT2D eigenvalue weighted by Gasteiger charge is -2.42. The number of para-hydroxylation sites is 1. The molecule has 3 rings (SSSR count). The maximum absolute atomic E-state index is 13.4. The Morgan fingerprint density at radius 2 is 1.88 bits per heavy atom. The molecule has 2 aromatic carbocycles. The highest BCUT2D eigenvalue weighted by molar-refractivity contribution is 6.42. The van der Waals surface area contributed by atoms with E-state index in [-0.39, 0.29) is 22.2 Å². The molecule has 0 bridgehead atoms. The van der Waals surface area contributed by atoms with E-state index in [0.29, 0.717) is 17.3 Å². The van der Waals surface area contributed by atoms with Crippen molar-refractivity contribution in [3.8, 4) is 0 Å². The molecule has 0 saturated carbocycles. The van der Waals surface area contributed by atoms with Crippen molar-refractivity contribution < 1.29 is 14.7 Å². The number of anilines is 2. The van der Waals surface area contributed by atoms with Crippen LogP contribution in [0, 0.1) is 5.92 Å². The van der Waals surface area contributed by atoms with E-state index in [1.807, 2.05) is 6.92 Å². The first-order chi connectivity index (χ1) is 15.2. The van der Waals surface area contributed by atoms with Crippen LogP contribution < -0.4 is 15.5 Å². The molecular weight excluding hydrogens is 451 g/mol.